The number of nitrogens with zero attached hydrogens (tertiary/aromatic N) is 1. The molecular formula is C17H18N2O4S. The smallest absolute Gasteiger partial charge is 0.307 e. The second-order valence-corrected chi connectivity index (χ2v) is 5.89. The first kappa shape index (κ1) is 17.7. The highest BCUT2D eigenvalue weighted by Crippen LogP contribution is 2.22. The van der Waals surface area contributed by atoms with Gasteiger partial charge in [-0.15, -0.1) is 11.3 Å². The highest BCUT2D eigenvalue weighted by Gasteiger charge is 2.20. The summed E-state index contributed by atoms with van der Waals surface area (Å²) in [5, 5.41) is 4.48. The molecule has 24 heavy (non-hydrogen) atoms. The molecule has 2 amide bonds. The van der Waals surface area contributed by atoms with Crippen LogP contribution in [0.2, 0.25) is 0 Å². The SMILES string of the molecule is COC(=O)CCNC(=O)c1ccccc1N(C)C(=O)c1cccs1. The van der Waals surface area contributed by atoms with Crippen molar-refractivity contribution >= 4 is 34.8 Å². The lowest BCUT2D eigenvalue weighted by atomic mass is 10.1. The molecule has 0 saturated carbocycles. The third-order valence-corrected chi connectivity index (χ3v) is 4.25. The van der Waals surface area contributed by atoms with E-state index in [2.05, 4.69) is 10.1 Å². The molecule has 1 aromatic heterocycles. The summed E-state index contributed by atoms with van der Waals surface area (Å²) in [7, 11) is 2.92. The Hall–Kier alpha value is -2.67. The lowest BCUT2D eigenvalue weighted by Crippen LogP contribution is -2.31. The summed E-state index contributed by atoms with van der Waals surface area (Å²) >= 11 is 1.34. The Morgan fingerprint density at radius 1 is 1.17 bits per heavy atom. The van der Waals surface area contributed by atoms with Gasteiger partial charge in [-0.2, -0.15) is 0 Å². The number of para-hydroxylation sites is 1. The molecule has 1 heterocycles. The molecule has 2 aromatic rings. The molecule has 1 N–H and O–H groups in total. The predicted octanol–water partition coefficient (Wildman–Crippen LogP) is 2.32. The molecule has 2 rings (SSSR count). The first-order valence-electron chi connectivity index (χ1n) is 7.30. The largest absolute Gasteiger partial charge is 0.469 e. The first-order valence-corrected chi connectivity index (χ1v) is 8.18. The average molecular weight is 346 g/mol. The Balaban J connectivity index is 2.13. The molecule has 1 aromatic carbocycles. The van der Waals surface area contributed by atoms with E-state index in [-0.39, 0.29) is 24.8 Å². The van der Waals surface area contributed by atoms with Crippen molar-refractivity contribution < 1.29 is 19.1 Å². The average Bonchev–Trinajstić information content (AvgIpc) is 3.14. The van der Waals surface area contributed by atoms with Gasteiger partial charge in [0.25, 0.3) is 11.8 Å². The van der Waals surface area contributed by atoms with E-state index in [4.69, 9.17) is 0 Å². The van der Waals surface area contributed by atoms with Crippen LogP contribution in [0.1, 0.15) is 26.5 Å². The van der Waals surface area contributed by atoms with E-state index in [1.54, 1.807) is 43.4 Å². The fourth-order valence-corrected chi connectivity index (χ4v) is 2.81. The summed E-state index contributed by atoms with van der Waals surface area (Å²) in [6.07, 6.45) is 0.0916. The van der Waals surface area contributed by atoms with Gasteiger partial charge in [-0.25, -0.2) is 0 Å². The number of amides is 2. The number of benzene rings is 1. The van der Waals surface area contributed by atoms with Crippen LogP contribution in [0.25, 0.3) is 0 Å². The highest BCUT2D eigenvalue weighted by molar-refractivity contribution is 7.12. The van der Waals surface area contributed by atoms with Crippen LogP contribution in [0.5, 0.6) is 0 Å². The summed E-state index contributed by atoms with van der Waals surface area (Å²) in [4.78, 5) is 38.0. The Kier molecular flexibility index (Phi) is 6.08. The van der Waals surface area contributed by atoms with Crippen molar-refractivity contribution in [1.29, 1.82) is 0 Å². The Bertz CT molecular complexity index is 728. The normalized spacial score (nSPS) is 10.1. The van der Waals surface area contributed by atoms with Gasteiger partial charge in [-0.05, 0) is 23.6 Å². The van der Waals surface area contributed by atoms with Crippen LogP contribution in [-0.4, -0.2) is 38.5 Å². The maximum absolute atomic E-state index is 12.5. The van der Waals surface area contributed by atoms with E-state index < -0.39 is 5.97 Å². The third kappa shape index (κ3) is 4.20. The number of carbonyl (C=O) groups is 3. The van der Waals surface area contributed by atoms with Crippen LogP contribution in [-0.2, 0) is 9.53 Å². The lowest BCUT2D eigenvalue weighted by Gasteiger charge is -2.19. The van der Waals surface area contributed by atoms with Gasteiger partial charge in [0.2, 0.25) is 0 Å². The van der Waals surface area contributed by atoms with Crippen molar-refractivity contribution in [2.75, 3.05) is 25.6 Å². The standard InChI is InChI=1S/C17H18N2O4S/c1-19(17(22)14-8-5-11-24-14)13-7-4-3-6-12(13)16(21)18-10-9-15(20)23-2/h3-8,11H,9-10H2,1-2H3,(H,18,21). The van der Waals surface area contributed by atoms with Crippen molar-refractivity contribution in [3.63, 3.8) is 0 Å². The van der Waals surface area contributed by atoms with E-state index in [9.17, 15) is 14.4 Å². The number of nitrogens with one attached hydrogen (secondary N) is 1. The van der Waals surface area contributed by atoms with Crippen molar-refractivity contribution in [2.24, 2.45) is 0 Å². The molecule has 0 aliphatic carbocycles. The van der Waals surface area contributed by atoms with Gasteiger partial charge < -0.3 is 15.0 Å². The minimum absolute atomic E-state index is 0.0916. The van der Waals surface area contributed by atoms with Crippen molar-refractivity contribution in [2.45, 2.75) is 6.42 Å². The van der Waals surface area contributed by atoms with E-state index in [0.29, 0.717) is 16.1 Å². The van der Waals surface area contributed by atoms with E-state index in [1.807, 2.05) is 5.38 Å². The maximum atomic E-state index is 12.5. The summed E-state index contributed by atoms with van der Waals surface area (Å²) in [5.41, 5.74) is 0.876. The zero-order chi connectivity index (χ0) is 17.5. The van der Waals surface area contributed by atoms with Crippen molar-refractivity contribution in [3.8, 4) is 0 Å². The second-order valence-electron chi connectivity index (χ2n) is 4.94. The zero-order valence-corrected chi connectivity index (χ0v) is 14.3. The number of anilines is 1. The number of methoxy groups -OCH3 is 1. The number of thiophene rings is 1. The molecule has 6 nitrogen and oxygen atoms in total. The third-order valence-electron chi connectivity index (χ3n) is 3.39. The minimum atomic E-state index is -0.395. The van der Waals surface area contributed by atoms with Crippen LogP contribution < -0.4 is 10.2 Å². The Morgan fingerprint density at radius 3 is 2.58 bits per heavy atom. The maximum Gasteiger partial charge on any atom is 0.307 e. The topological polar surface area (TPSA) is 75.7 Å². The molecule has 126 valence electrons. The van der Waals surface area contributed by atoms with Gasteiger partial charge in [-0.3, -0.25) is 14.4 Å². The Morgan fingerprint density at radius 2 is 1.92 bits per heavy atom. The van der Waals surface area contributed by atoms with Gasteiger partial charge in [0.15, 0.2) is 0 Å². The molecule has 0 aliphatic heterocycles. The number of hydrogen-bond acceptors (Lipinski definition) is 5. The summed E-state index contributed by atoms with van der Waals surface area (Å²) in [6.45, 7) is 0.169. The molecule has 0 aliphatic rings. The predicted molar refractivity (Wildman–Crippen MR) is 92.5 cm³/mol. The van der Waals surface area contributed by atoms with Gasteiger partial charge in [0.1, 0.15) is 0 Å². The second kappa shape index (κ2) is 8.26. The molecule has 0 atom stereocenters. The lowest BCUT2D eigenvalue weighted by molar-refractivity contribution is -0.140. The van der Waals surface area contributed by atoms with Gasteiger partial charge in [-0.1, -0.05) is 18.2 Å². The van der Waals surface area contributed by atoms with Crippen LogP contribution in [0.3, 0.4) is 0 Å². The molecule has 0 bridgehead atoms. The number of hydrogen-bond donors (Lipinski definition) is 1. The fourth-order valence-electron chi connectivity index (χ4n) is 2.11. The van der Waals surface area contributed by atoms with Gasteiger partial charge in [0, 0.05) is 13.6 Å². The van der Waals surface area contributed by atoms with Gasteiger partial charge >= 0.3 is 5.97 Å². The number of ether oxygens (including phenoxy) is 1. The van der Waals surface area contributed by atoms with Crippen molar-refractivity contribution in [1.82, 2.24) is 5.32 Å². The number of rotatable bonds is 6. The number of esters is 1. The highest BCUT2D eigenvalue weighted by atomic mass is 32.1. The monoisotopic (exact) mass is 346 g/mol. The van der Waals surface area contributed by atoms with Crippen LogP contribution >= 0.6 is 11.3 Å². The van der Waals surface area contributed by atoms with Gasteiger partial charge in [0.05, 0.1) is 29.7 Å². The number of carbonyl (C=O) groups excluding carboxylic acids is 3. The quantitative estimate of drug-likeness (QED) is 0.815. The fraction of sp³-hybridized carbons (Fsp3) is 0.235. The summed E-state index contributed by atoms with van der Waals surface area (Å²) in [6, 6.07) is 10.4. The molecule has 0 spiro atoms. The van der Waals surface area contributed by atoms with Crippen molar-refractivity contribution in [3.05, 3.63) is 52.2 Å². The summed E-state index contributed by atoms with van der Waals surface area (Å²) < 4.78 is 4.53. The molecule has 7 heteroatoms. The van der Waals surface area contributed by atoms with E-state index in [1.165, 1.54) is 23.3 Å². The zero-order valence-electron chi connectivity index (χ0n) is 13.4. The molecule has 0 unspecified atom stereocenters. The molecule has 0 fully saturated rings. The molecule has 0 saturated heterocycles. The molecular weight excluding hydrogens is 328 g/mol. The van der Waals surface area contributed by atoms with E-state index in [0.717, 1.165) is 0 Å². The van der Waals surface area contributed by atoms with E-state index >= 15 is 0 Å². The van der Waals surface area contributed by atoms with Crippen LogP contribution in [0, 0.1) is 0 Å². The van der Waals surface area contributed by atoms with Crippen LogP contribution in [0.4, 0.5) is 5.69 Å². The molecule has 0 radical (unpaired) electrons. The summed E-state index contributed by atoms with van der Waals surface area (Å²) in [5.74, 6) is -0.922. The Labute approximate surface area is 144 Å². The van der Waals surface area contributed by atoms with Crippen LogP contribution in [0.15, 0.2) is 41.8 Å². The minimum Gasteiger partial charge on any atom is -0.469 e. The first-order chi connectivity index (χ1) is 11.5.